The maximum Gasteiger partial charge on any atom is 0.238 e. The molecule has 0 spiro atoms. The third-order valence-corrected chi connectivity index (χ3v) is 5.91. The van der Waals surface area contributed by atoms with Gasteiger partial charge in [-0.3, -0.25) is 0 Å². The molecule has 0 atom stereocenters. The van der Waals surface area contributed by atoms with Crippen LogP contribution in [0.25, 0.3) is 10.9 Å². The highest BCUT2D eigenvalue weighted by molar-refractivity contribution is 7.89. The number of halogens is 1. The van der Waals surface area contributed by atoms with Crippen molar-refractivity contribution in [1.82, 2.24) is 4.57 Å². The van der Waals surface area contributed by atoms with Gasteiger partial charge in [0, 0.05) is 11.1 Å². The Morgan fingerprint density at radius 3 is 2.58 bits per heavy atom. The highest BCUT2D eigenvalue weighted by Gasteiger charge is 2.18. The first-order valence-corrected chi connectivity index (χ1v) is 11.6. The smallest absolute Gasteiger partial charge is 0.238 e. The number of rotatable bonds is 5. The number of fused-ring (bicyclic) bond motifs is 1. The van der Waals surface area contributed by atoms with Crippen molar-refractivity contribution in [2.24, 2.45) is 15.4 Å². The van der Waals surface area contributed by atoms with Crippen molar-refractivity contribution in [1.29, 1.82) is 0 Å². The van der Waals surface area contributed by atoms with Gasteiger partial charge in [0.15, 0.2) is 5.69 Å². The summed E-state index contributed by atoms with van der Waals surface area (Å²) < 4.78 is 38.5. The molecule has 33 heavy (non-hydrogen) atoms. The zero-order valence-corrected chi connectivity index (χ0v) is 18.6. The number of hydrogen-bond donors (Lipinski definition) is 3. The second-order valence-corrected chi connectivity index (χ2v) is 9.06. The van der Waals surface area contributed by atoms with Crippen LogP contribution in [0.3, 0.4) is 0 Å². The van der Waals surface area contributed by atoms with E-state index in [1.54, 1.807) is 6.07 Å². The van der Waals surface area contributed by atoms with Crippen molar-refractivity contribution in [3.05, 3.63) is 84.2 Å². The summed E-state index contributed by atoms with van der Waals surface area (Å²) in [6.45, 7) is 0.297. The van der Waals surface area contributed by atoms with E-state index in [1.165, 1.54) is 41.0 Å². The van der Waals surface area contributed by atoms with Gasteiger partial charge in [-0.25, -0.2) is 17.9 Å². The first-order chi connectivity index (χ1) is 15.7. The van der Waals surface area contributed by atoms with Gasteiger partial charge in [0.05, 0.1) is 17.0 Å². The molecule has 3 aromatic carbocycles. The number of hydrogen-bond acceptors (Lipinski definition) is 5. The molecule has 4 aromatic rings. The third kappa shape index (κ3) is 5.06. The number of benzene rings is 3. The highest BCUT2D eigenvalue weighted by Crippen LogP contribution is 2.39. The molecule has 0 fully saturated rings. The van der Waals surface area contributed by atoms with Crippen LogP contribution in [-0.2, 0) is 16.6 Å². The van der Waals surface area contributed by atoms with E-state index in [4.69, 9.17) is 17.4 Å². The molecule has 0 bridgehead atoms. The summed E-state index contributed by atoms with van der Waals surface area (Å²) in [6.07, 6.45) is 0. The standard InChI is InChI=1S/C22H18FN5O3S2/c23-15-9-10-18-19(11-15)28(13-14-5-2-1-3-6-14)21(29)20(18)26-27-22(32)25-16-7-4-8-17(12-16)33(24,30)31/h1-12,29H,13H2,(H,25,32)(H2,24,30,31). The Morgan fingerprint density at radius 2 is 1.85 bits per heavy atom. The van der Waals surface area contributed by atoms with Crippen molar-refractivity contribution in [2.45, 2.75) is 11.4 Å². The van der Waals surface area contributed by atoms with Crippen LogP contribution in [0.15, 0.2) is 87.9 Å². The summed E-state index contributed by atoms with van der Waals surface area (Å²) in [5.41, 5.74) is 1.83. The third-order valence-electron chi connectivity index (χ3n) is 4.81. The quantitative estimate of drug-likeness (QED) is 0.281. The molecule has 0 saturated carbocycles. The van der Waals surface area contributed by atoms with Crippen molar-refractivity contribution < 1.29 is 17.9 Å². The molecule has 0 amide bonds. The maximum atomic E-state index is 13.9. The Kier molecular flexibility index (Phi) is 6.18. The Balaban J connectivity index is 1.65. The Bertz CT molecular complexity index is 1480. The van der Waals surface area contributed by atoms with Crippen LogP contribution in [0, 0.1) is 5.82 Å². The van der Waals surface area contributed by atoms with Crippen LogP contribution in [0.5, 0.6) is 5.88 Å². The summed E-state index contributed by atoms with van der Waals surface area (Å²) in [6, 6.07) is 19.2. The normalized spacial score (nSPS) is 11.8. The number of sulfonamides is 1. The summed E-state index contributed by atoms with van der Waals surface area (Å²) in [7, 11) is -3.88. The van der Waals surface area contributed by atoms with E-state index in [2.05, 4.69) is 15.5 Å². The van der Waals surface area contributed by atoms with Crippen LogP contribution in [0.1, 0.15) is 5.56 Å². The zero-order chi connectivity index (χ0) is 23.6. The van der Waals surface area contributed by atoms with E-state index in [9.17, 15) is 17.9 Å². The SMILES string of the molecule is NS(=O)(=O)c1cccc(NC(=S)N=Nc2c(O)n(Cc3ccccc3)c3cc(F)ccc23)c1. The summed E-state index contributed by atoms with van der Waals surface area (Å²) in [5.74, 6) is -0.646. The number of primary sulfonamides is 1. The molecule has 8 nitrogen and oxygen atoms in total. The average Bonchev–Trinajstić information content (AvgIpc) is 3.03. The minimum absolute atomic E-state index is 0.0768. The average molecular weight is 484 g/mol. The molecule has 1 aromatic heterocycles. The minimum atomic E-state index is -3.88. The molecular weight excluding hydrogens is 465 g/mol. The van der Waals surface area contributed by atoms with Gasteiger partial charge in [0.2, 0.25) is 21.0 Å². The largest absolute Gasteiger partial charge is 0.493 e. The summed E-state index contributed by atoms with van der Waals surface area (Å²) in [5, 5.41) is 27.2. The molecule has 1 heterocycles. The number of nitrogens with zero attached hydrogens (tertiary/aromatic N) is 3. The van der Waals surface area contributed by atoms with E-state index >= 15 is 0 Å². The van der Waals surface area contributed by atoms with Crippen LogP contribution >= 0.6 is 12.2 Å². The van der Waals surface area contributed by atoms with Crippen molar-refractivity contribution >= 4 is 49.6 Å². The molecule has 0 unspecified atom stereocenters. The maximum absolute atomic E-state index is 13.9. The van der Waals surface area contributed by atoms with E-state index in [-0.39, 0.29) is 21.6 Å². The Morgan fingerprint density at radius 1 is 1.09 bits per heavy atom. The van der Waals surface area contributed by atoms with Crippen LogP contribution in [-0.4, -0.2) is 23.2 Å². The molecule has 0 aliphatic carbocycles. The number of nitrogens with two attached hydrogens (primary N) is 1. The van der Waals surface area contributed by atoms with E-state index in [0.29, 0.717) is 23.1 Å². The van der Waals surface area contributed by atoms with Gasteiger partial charge in [0.1, 0.15) is 5.82 Å². The molecule has 0 radical (unpaired) electrons. The summed E-state index contributed by atoms with van der Waals surface area (Å²) in [4.78, 5) is -0.0871. The molecule has 0 aliphatic rings. The number of anilines is 1. The fraction of sp³-hybridized carbons (Fsp3) is 0.0455. The predicted molar refractivity (Wildman–Crippen MR) is 128 cm³/mol. The van der Waals surface area contributed by atoms with E-state index in [1.807, 2.05) is 30.3 Å². The fourth-order valence-corrected chi connectivity index (χ4v) is 4.03. The number of thiocarbonyl (C=S) groups is 1. The number of aromatic nitrogens is 1. The van der Waals surface area contributed by atoms with Gasteiger partial charge >= 0.3 is 0 Å². The van der Waals surface area contributed by atoms with Gasteiger partial charge in [-0.15, -0.1) is 10.2 Å². The molecule has 11 heteroatoms. The highest BCUT2D eigenvalue weighted by atomic mass is 32.2. The number of azo groups is 1. The van der Waals surface area contributed by atoms with Crippen LogP contribution in [0.4, 0.5) is 15.8 Å². The minimum Gasteiger partial charge on any atom is -0.493 e. The lowest BCUT2D eigenvalue weighted by atomic mass is 10.2. The van der Waals surface area contributed by atoms with E-state index in [0.717, 1.165) is 5.56 Å². The van der Waals surface area contributed by atoms with E-state index < -0.39 is 15.8 Å². The van der Waals surface area contributed by atoms with Gasteiger partial charge in [-0.2, -0.15) is 0 Å². The molecular formula is C22H18FN5O3S2. The first kappa shape index (κ1) is 22.5. The van der Waals surface area contributed by atoms with Crippen LogP contribution < -0.4 is 10.5 Å². The lowest BCUT2D eigenvalue weighted by Crippen LogP contribution is -2.13. The predicted octanol–water partition coefficient (Wildman–Crippen LogP) is 4.66. The molecule has 4 rings (SSSR count). The first-order valence-electron chi connectivity index (χ1n) is 9.62. The fourth-order valence-electron chi connectivity index (χ4n) is 3.31. The Labute approximate surface area is 194 Å². The lowest BCUT2D eigenvalue weighted by molar-refractivity contribution is 0.429. The number of nitrogens with one attached hydrogen (secondary N) is 1. The molecule has 4 N–H and O–H groups in total. The second-order valence-electron chi connectivity index (χ2n) is 7.11. The lowest BCUT2D eigenvalue weighted by Gasteiger charge is -2.07. The van der Waals surface area contributed by atoms with Gasteiger partial charge in [-0.05, 0) is 54.2 Å². The second kappa shape index (κ2) is 9.06. The van der Waals surface area contributed by atoms with Crippen molar-refractivity contribution in [2.75, 3.05) is 5.32 Å². The Hall–Kier alpha value is -3.67. The van der Waals surface area contributed by atoms with Gasteiger partial charge in [0.25, 0.3) is 0 Å². The summed E-state index contributed by atoms with van der Waals surface area (Å²) >= 11 is 5.17. The van der Waals surface area contributed by atoms with Crippen LogP contribution in [0.2, 0.25) is 0 Å². The topological polar surface area (TPSA) is 122 Å². The number of aromatic hydroxyl groups is 1. The monoisotopic (exact) mass is 483 g/mol. The molecule has 0 saturated heterocycles. The van der Waals surface area contributed by atoms with Crippen molar-refractivity contribution in [3.63, 3.8) is 0 Å². The molecule has 0 aliphatic heterocycles. The zero-order valence-electron chi connectivity index (χ0n) is 17.0. The van der Waals surface area contributed by atoms with Gasteiger partial charge < -0.3 is 15.0 Å². The van der Waals surface area contributed by atoms with Gasteiger partial charge in [-0.1, -0.05) is 36.4 Å². The van der Waals surface area contributed by atoms with Crippen molar-refractivity contribution in [3.8, 4) is 5.88 Å². The molecule has 168 valence electrons.